The number of carbonyl (C=O) groups is 2. The highest BCUT2D eigenvalue weighted by Gasteiger charge is 2.45. The van der Waals surface area contributed by atoms with Gasteiger partial charge in [-0.3, -0.25) is 9.69 Å². The van der Waals surface area contributed by atoms with Crippen LogP contribution in [0.1, 0.15) is 35.5 Å². The summed E-state index contributed by atoms with van der Waals surface area (Å²) < 4.78 is 18.8. The Bertz CT molecular complexity index is 862. The molecule has 130 valence electrons. The number of amides is 1. The average molecular weight is 363 g/mol. The lowest BCUT2D eigenvalue weighted by Crippen LogP contribution is -2.36. The van der Waals surface area contributed by atoms with Gasteiger partial charge in [0.2, 0.25) is 5.91 Å². The predicted molar refractivity (Wildman–Crippen MR) is 91.2 cm³/mol. The van der Waals surface area contributed by atoms with Gasteiger partial charge in [0.25, 0.3) is 0 Å². The molecule has 7 heteroatoms. The number of benzene rings is 1. The zero-order valence-corrected chi connectivity index (χ0v) is 14.7. The summed E-state index contributed by atoms with van der Waals surface area (Å²) in [5.74, 6) is -1.03. The molecule has 25 heavy (non-hydrogen) atoms. The van der Waals surface area contributed by atoms with Crippen LogP contribution in [0.2, 0.25) is 5.02 Å². The molecule has 2 heterocycles. The number of esters is 1. The lowest BCUT2D eigenvalue weighted by Gasteiger charge is -2.20. The molecule has 5 nitrogen and oxygen atoms in total. The Kier molecular flexibility index (Phi) is 4.24. The second-order valence-electron chi connectivity index (χ2n) is 6.28. The number of methoxy groups -OCH3 is 1. The van der Waals surface area contributed by atoms with Gasteiger partial charge in [0, 0.05) is 16.1 Å². The molecule has 0 radical (unpaired) electrons. The Labute approximate surface area is 149 Å². The van der Waals surface area contributed by atoms with Gasteiger partial charge < -0.3 is 4.74 Å². The molecule has 0 fully saturated rings. The molecule has 0 saturated carbocycles. The number of halogens is 2. The van der Waals surface area contributed by atoms with E-state index in [1.54, 1.807) is 26.0 Å². The minimum Gasteiger partial charge on any atom is -0.464 e. The molecule has 1 amide bonds. The molecule has 2 aromatic rings. The van der Waals surface area contributed by atoms with Crippen LogP contribution in [0.4, 0.5) is 10.2 Å². The van der Waals surface area contributed by atoms with Crippen molar-refractivity contribution in [3.8, 4) is 0 Å². The SMILES string of the molecule is COC(=O)c1ccc2c(n1)N(Cc1c(F)cccc1Cl)C(=O)C2(C)C. The maximum absolute atomic E-state index is 14.1. The van der Waals surface area contributed by atoms with E-state index in [9.17, 15) is 14.0 Å². The van der Waals surface area contributed by atoms with Crippen molar-refractivity contribution in [1.82, 2.24) is 4.98 Å². The van der Waals surface area contributed by atoms with Crippen LogP contribution in [-0.2, 0) is 21.5 Å². The number of pyridine rings is 1. The van der Waals surface area contributed by atoms with E-state index >= 15 is 0 Å². The number of fused-ring (bicyclic) bond motifs is 1. The number of aromatic nitrogens is 1. The van der Waals surface area contributed by atoms with Crippen LogP contribution < -0.4 is 4.90 Å². The second-order valence-corrected chi connectivity index (χ2v) is 6.68. The largest absolute Gasteiger partial charge is 0.464 e. The lowest BCUT2D eigenvalue weighted by molar-refractivity contribution is -0.122. The number of nitrogens with zero attached hydrogens (tertiary/aromatic N) is 2. The predicted octanol–water partition coefficient (Wildman–Crippen LogP) is 3.49. The van der Waals surface area contributed by atoms with Crippen LogP contribution in [0, 0.1) is 5.82 Å². The number of carbonyl (C=O) groups excluding carboxylic acids is 2. The summed E-state index contributed by atoms with van der Waals surface area (Å²) in [5, 5.41) is 0.225. The second kappa shape index (κ2) is 6.11. The topological polar surface area (TPSA) is 59.5 Å². The van der Waals surface area contributed by atoms with Crippen LogP contribution >= 0.6 is 11.6 Å². The Morgan fingerprint density at radius 2 is 2.04 bits per heavy atom. The van der Waals surface area contributed by atoms with Gasteiger partial charge in [-0.15, -0.1) is 0 Å². The first kappa shape index (κ1) is 17.4. The standard InChI is InChI=1S/C18H16ClFN2O3/c1-18(2)11-7-8-14(16(23)25-3)21-15(11)22(17(18)24)9-10-12(19)5-4-6-13(10)20/h4-8H,9H2,1-3H3. The Hall–Kier alpha value is -2.47. The van der Waals surface area contributed by atoms with Crippen molar-refractivity contribution >= 4 is 29.3 Å². The third kappa shape index (κ3) is 2.76. The van der Waals surface area contributed by atoms with Crippen molar-refractivity contribution in [3.05, 3.63) is 58.0 Å². The minimum atomic E-state index is -0.839. The van der Waals surface area contributed by atoms with Gasteiger partial charge in [-0.1, -0.05) is 23.7 Å². The fourth-order valence-corrected chi connectivity index (χ4v) is 3.12. The quantitative estimate of drug-likeness (QED) is 0.784. The molecule has 1 aliphatic rings. The molecular formula is C18H16ClFN2O3. The van der Waals surface area contributed by atoms with Crippen molar-refractivity contribution in [2.75, 3.05) is 12.0 Å². The molecule has 0 atom stereocenters. The fraction of sp³-hybridized carbons (Fsp3) is 0.278. The number of rotatable bonds is 3. The number of hydrogen-bond acceptors (Lipinski definition) is 4. The van der Waals surface area contributed by atoms with Gasteiger partial charge in [0.15, 0.2) is 5.69 Å². The molecule has 0 spiro atoms. The van der Waals surface area contributed by atoms with Crippen LogP contribution in [-0.4, -0.2) is 24.0 Å². The first-order valence-electron chi connectivity index (χ1n) is 7.62. The van der Waals surface area contributed by atoms with Crippen LogP contribution in [0.5, 0.6) is 0 Å². The van der Waals surface area contributed by atoms with E-state index in [-0.39, 0.29) is 28.7 Å². The highest BCUT2D eigenvalue weighted by atomic mass is 35.5. The van der Waals surface area contributed by atoms with Crippen molar-refractivity contribution in [3.63, 3.8) is 0 Å². The Morgan fingerprint density at radius 1 is 1.32 bits per heavy atom. The lowest BCUT2D eigenvalue weighted by atomic mass is 9.87. The zero-order valence-electron chi connectivity index (χ0n) is 14.0. The highest BCUT2D eigenvalue weighted by molar-refractivity contribution is 6.31. The van der Waals surface area contributed by atoms with E-state index in [1.165, 1.54) is 30.2 Å². The average Bonchev–Trinajstić information content (AvgIpc) is 2.77. The van der Waals surface area contributed by atoms with E-state index < -0.39 is 17.2 Å². The molecule has 0 bridgehead atoms. The Morgan fingerprint density at radius 3 is 2.68 bits per heavy atom. The summed E-state index contributed by atoms with van der Waals surface area (Å²) in [7, 11) is 1.25. The zero-order chi connectivity index (χ0) is 18.4. The molecule has 0 unspecified atom stereocenters. The summed E-state index contributed by atoms with van der Waals surface area (Å²) in [6.07, 6.45) is 0. The van der Waals surface area contributed by atoms with Crippen molar-refractivity contribution < 1.29 is 18.7 Å². The minimum absolute atomic E-state index is 0.0710. The third-order valence-electron chi connectivity index (χ3n) is 4.36. The summed E-state index contributed by atoms with van der Waals surface area (Å²) >= 11 is 6.09. The molecule has 1 aliphatic heterocycles. The van der Waals surface area contributed by atoms with E-state index in [0.29, 0.717) is 11.4 Å². The van der Waals surface area contributed by atoms with Crippen molar-refractivity contribution in [2.45, 2.75) is 25.8 Å². The molecule has 0 aliphatic carbocycles. The van der Waals surface area contributed by atoms with Crippen LogP contribution in [0.15, 0.2) is 30.3 Å². The summed E-state index contributed by atoms with van der Waals surface area (Å²) in [5.41, 5.74) is 0.106. The molecule has 0 N–H and O–H groups in total. The maximum Gasteiger partial charge on any atom is 0.356 e. The smallest absolute Gasteiger partial charge is 0.356 e. The van der Waals surface area contributed by atoms with Gasteiger partial charge in [-0.25, -0.2) is 14.2 Å². The normalized spacial score (nSPS) is 15.2. The maximum atomic E-state index is 14.1. The van der Waals surface area contributed by atoms with Crippen LogP contribution in [0.3, 0.4) is 0 Å². The Balaban J connectivity index is 2.10. The van der Waals surface area contributed by atoms with Gasteiger partial charge in [-0.2, -0.15) is 0 Å². The van der Waals surface area contributed by atoms with E-state index in [1.807, 2.05) is 0 Å². The monoisotopic (exact) mass is 362 g/mol. The fourth-order valence-electron chi connectivity index (χ4n) is 2.90. The summed E-state index contributed by atoms with van der Waals surface area (Å²) in [4.78, 5) is 30.3. The highest BCUT2D eigenvalue weighted by Crippen LogP contribution is 2.41. The molecule has 1 aromatic heterocycles. The van der Waals surface area contributed by atoms with Gasteiger partial charge in [0.1, 0.15) is 11.6 Å². The first-order valence-corrected chi connectivity index (χ1v) is 8.00. The number of ether oxygens (including phenoxy) is 1. The van der Waals surface area contributed by atoms with E-state index in [0.717, 1.165) is 0 Å². The van der Waals surface area contributed by atoms with E-state index in [4.69, 9.17) is 11.6 Å². The van der Waals surface area contributed by atoms with Crippen LogP contribution in [0.25, 0.3) is 0 Å². The van der Waals surface area contributed by atoms with Gasteiger partial charge >= 0.3 is 5.97 Å². The van der Waals surface area contributed by atoms with E-state index in [2.05, 4.69) is 9.72 Å². The summed E-state index contributed by atoms with van der Waals surface area (Å²) in [6, 6.07) is 7.53. The van der Waals surface area contributed by atoms with Gasteiger partial charge in [-0.05, 0) is 32.0 Å². The van der Waals surface area contributed by atoms with Gasteiger partial charge in [0.05, 0.1) is 19.1 Å². The summed E-state index contributed by atoms with van der Waals surface area (Å²) in [6.45, 7) is 3.45. The van der Waals surface area contributed by atoms with Crippen molar-refractivity contribution in [1.29, 1.82) is 0 Å². The van der Waals surface area contributed by atoms with Crippen molar-refractivity contribution in [2.24, 2.45) is 0 Å². The third-order valence-corrected chi connectivity index (χ3v) is 4.71. The molecule has 1 aromatic carbocycles. The number of hydrogen-bond donors (Lipinski definition) is 0. The molecule has 0 saturated heterocycles. The molecule has 3 rings (SSSR count). The first-order chi connectivity index (χ1) is 11.8. The number of anilines is 1. The molecular weight excluding hydrogens is 347 g/mol.